The number of aromatic nitrogens is 3. The summed E-state index contributed by atoms with van der Waals surface area (Å²) in [5.74, 6) is 0.860. The van der Waals surface area contributed by atoms with Gasteiger partial charge in [-0.1, -0.05) is 18.2 Å². The van der Waals surface area contributed by atoms with E-state index >= 15 is 0 Å². The second-order valence-electron chi connectivity index (χ2n) is 5.28. The highest BCUT2D eigenvalue weighted by Gasteiger charge is 2.09. The highest BCUT2D eigenvalue weighted by atomic mass is 16.1. The van der Waals surface area contributed by atoms with Gasteiger partial charge in [0, 0.05) is 24.5 Å². The molecule has 0 saturated heterocycles. The fourth-order valence-electron chi connectivity index (χ4n) is 2.20. The Morgan fingerprint density at radius 3 is 2.38 bits per heavy atom. The first-order valence-electron chi connectivity index (χ1n) is 7.56. The molecule has 24 heavy (non-hydrogen) atoms. The molecule has 0 spiro atoms. The average molecular weight is 319 g/mol. The van der Waals surface area contributed by atoms with Gasteiger partial charge < -0.3 is 10.6 Å². The first-order valence-corrected chi connectivity index (χ1v) is 7.56. The van der Waals surface area contributed by atoms with Gasteiger partial charge in [0.25, 0.3) is 5.91 Å². The van der Waals surface area contributed by atoms with Crippen LogP contribution in [0, 0.1) is 6.92 Å². The summed E-state index contributed by atoms with van der Waals surface area (Å²) in [7, 11) is 0. The summed E-state index contributed by atoms with van der Waals surface area (Å²) in [4.78, 5) is 16.2. The largest absolute Gasteiger partial charge is 0.365 e. The van der Waals surface area contributed by atoms with Gasteiger partial charge in [0.2, 0.25) is 0 Å². The number of nitrogens with one attached hydrogen (secondary N) is 2. The van der Waals surface area contributed by atoms with Gasteiger partial charge in [-0.3, -0.25) is 9.78 Å². The van der Waals surface area contributed by atoms with Crippen LogP contribution in [0.15, 0.2) is 60.9 Å². The van der Waals surface area contributed by atoms with Crippen LogP contribution in [0.5, 0.6) is 0 Å². The molecule has 120 valence electrons. The molecule has 2 N–H and O–H groups in total. The maximum atomic E-state index is 12.2. The van der Waals surface area contributed by atoms with E-state index in [-0.39, 0.29) is 5.91 Å². The van der Waals surface area contributed by atoms with E-state index in [1.165, 1.54) is 0 Å². The molecule has 1 aromatic carbocycles. The van der Waals surface area contributed by atoms with E-state index in [1.807, 2.05) is 37.3 Å². The van der Waals surface area contributed by atoms with Gasteiger partial charge in [-0.2, -0.15) is 0 Å². The van der Waals surface area contributed by atoms with Crippen LogP contribution in [0.1, 0.15) is 21.5 Å². The van der Waals surface area contributed by atoms with Gasteiger partial charge in [-0.05, 0) is 48.4 Å². The Morgan fingerprint density at radius 1 is 0.958 bits per heavy atom. The first kappa shape index (κ1) is 15.6. The summed E-state index contributed by atoms with van der Waals surface area (Å²) in [6, 6.07) is 14.8. The minimum atomic E-state index is -0.195. The van der Waals surface area contributed by atoms with E-state index < -0.39 is 0 Å². The van der Waals surface area contributed by atoms with Crippen molar-refractivity contribution in [3.63, 3.8) is 0 Å². The summed E-state index contributed by atoms with van der Waals surface area (Å²) in [6.45, 7) is 2.53. The molecule has 0 saturated carbocycles. The zero-order chi connectivity index (χ0) is 16.8. The first-order chi connectivity index (χ1) is 11.7. The van der Waals surface area contributed by atoms with Gasteiger partial charge in [-0.25, -0.2) is 0 Å². The van der Waals surface area contributed by atoms with Crippen molar-refractivity contribution in [3.05, 3.63) is 77.6 Å². The van der Waals surface area contributed by atoms with Gasteiger partial charge in [0.05, 0.1) is 0 Å². The molecule has 3 rings (SSSR count). The molecule has 6 nitrogen and oxygen atoms in total. The number of hydrogen-bond acceptors (Lipinski definition) is 5. The Bertz CT molecular complexity index is 818. The van der Waals surface area contributed by atoms with Gasteiger partial charge in [0.15, 0.2) is 5.82 Å². The molecule has 2 heterocycles. The van der Waals surface area contributed by atoms with Gasteiger partial charge in [0.1, 0.15) is 5.82 Å². The topological polar surface area (TPSA) is 79.8 Å². The smallest absolute Gasteiger partial charge is 0.257 e. The van der Waals surface area contributed by atoms with Crippen LogP contribution in [0.4, 0.5) is 11.6 Å². The summed E-state index contributed by atoms with van der Waals surface area (Å²) < 4.78 is 0. The van der Waals surface area contributed by atoms with E-state index in [1.54, 1.807) is 30.6 Å². The number of anilines is 2. The van der Waals surface area contributed by atoms with Crippen LogP contribution in [-0.4, -0.2) is 21.1 Å². The second-order valence-corrected chi connectivity index (χ2v) is 5.28. The third-order valence-electron chi connectivity index (χ3n) is 3.52. The second kappa shape index (κ2) is 7.32. The van der Waals surface area contributed by atoms with Crippen LogP contribution in [-0.2, 0) is 6.54 Å². The van der Waals surface area contributed by atoms with E-state index in [0.29, 0.717) is 23.7 Å². The average Bonchev–Trinajstić information content (AvgIpc) is 2.62. The SMILES string of the molecule is Cc1ccccc1C(=O)Nc1ccc(NCc2ccncc2)nn1. The Morgan fingerprint density at radius 2 is 1.67 bits per heavy atom. The summed E-state index contributed by atoms with van der Waals surface area (Å²) in [5.41, 5.74) is 2.64. The van der Waals surface area contributed by atoms with Crippen molar-refractivity contribution in [2.24, 2.45) is 0 Å². The predicted octanol–water partition coefficient (Wildman–Crippen LogP) is 3.04. The van der Waals surface area contributed by atoms with E-state index in [4.69, 9.17) is 0 Å². The summed E-state index contributed by atoms with van der Waals surface area (Å²) >= 11 is 0. The Hall–Kier alpha value is -3.28. The lowest BCUT2D eigenvalue weighted by Gasteiger charge is -2.08. The molecule has 0 unspecified atom stereocenters. The molecule has 0 radical (unpaired) electrons. The molecule has 0 aliphatic carbocycles. The predicted molar refractivity (Wildman–Crippen MR) is 92.7 cm³/mol. The highest BCUT2D eigenvalue weighted by Crippen LogP contribution is 2.12. The van der Waals surface area contributed by atoms with E-state index in [0.717, 1.165) is 11.1 Å². The third-order valence-corrected chi connectivity index (χ3v) is 3.52. The zero-order valence-corrected chi connectivity index (χ0v) is 13.2. The maximum absolute atomic E-state index is 12.2. The van der Waals surface area contributed by atoms with Crippen LogP contribution in [0.25, 0.3) is 0 Å². The third kappa shape index (κ3) is 3.92. The van der Waals surface area contributed by atoms with Gasteiger partial charge in [-0.15, -0.1) is 10.2 Å². The monoisotopic (exact) mass is 319 g/mol. The lowest BCUT2D eigenvalue weighted by Crippen LogP contribution is -2.14. The normalized spacial score (nSPS) is 10.2. The Kier molecular flexibility index (Phi) is 4.76. The summed E-state index contributed by atoms with van der Waals surface area (Å²) in [6.07, 6.45) is 3.49. The number of amides is 1. The van der Waals surface area contributed by atoms with Crippen molar-refractivity contribution in [2.75, 3.05) is 10.6 Å². The van der Waals surface area contributed by atoms with Crippen molar-refractivity contribution >= 4 is 17.5 Å². The molecule has 0 bridgehead atoms. The maximum Gasteiger partial charge on any atom is 0.257 e. The quantitative estimate of drug-likeness (QED) is 0.755. The number of hydrogen-bond donors (Lipinski definition) is 2. The number of pyridine rings is 1. The number of nitrogens with zero attached hydrogens (tertiary/aromatic N) is 3. The van der Waals surface area contributed by atoms with Crippen LogP contribution in [0.2, 0.25) is 0 Å². The summed E-state index contributed by atoms with van der Waals surface area (Å²) in [5, 5.41) is 14.0. The lowest BCUT2D eigenvalue weighted by atomic mass is 10.1. The molecule has 6 heteroatoms. The van der Waals surface area contributed by atoms with E-state index in [2.05, 4.69) is 25.8 Å². The number of aryl methyl sites for hydroxylation is 1. The molecular formula is C18H17N5O. The molecule has 3 aromatic rings. The number of rotatable bonds is 5. The van der Waals surface area contributed by atoms with Crippen molar-refractivity contribution < 1.29 is 4.79 Å². The molecule has 2 aromatic heterocycles. The zero-order valence-electron chi connectivity index (χ0n) is 13.2. The molecular weight excluding hydrogens is 302 g/mol. The molecule has 0 aliphatic heterocycles. The highest BCUT2D eigenvalue weighted by molar-refractivity contribution is 6.04. The van der Waals surface area contributed by atoms with Crippen LogP contribution in [0.3, 0.4) is 0 Å². The minimum absolute atomic E-state index is 0.195. The Labute approximate surface area is 140 Å². The van der Waals surface area contributed by atoms with Crippen molar-refractivity contribution in [1.82, 2.24) is 15.2 Å². The molecule has 0 atom stereocenters. The number of carbonyl (C=O) groups excluding carboxylic acids is 1. The van der Waals surface area contributed by atoms with Crippen molar-refractivity contribution in [1.29, 1.82) is 0 Å². The molecule has 0 aliphatic rings. The minimum Gasteiger partial charge on any atom is -0.365 e. The van der Waals surface area contributed by atoms with Crippen molar-refractivity contribution in [2.45, 2.75) is 13.5 Å². The molecule has 0 fully saturated rings. The van der Waals surface area contributed by atoms with Crippen molar-refractivity contribution in [3.8, 4) is 0 Å². The standard InChI is InChI=1S/C18H17N5O/c1-13-4-2-3-5-15(13)18(24)21-17-7-6-16(22-23-17)20-12-14-8-10-19-11-9-14/h2-11H,12H2,1H3,(H,20,22)(H,21,23,24). The lowest BCUT2D eigenvalue weighted by molar-refractivity contribution is 0.102. The number of benzene rings is 1. The van der Waals surface area contributed by atoms with Crippen LogP contribution < -0.4 is 10.6 Å². The van der Waals surface area contributed by atoms with E-state index in [9.17, 15) is 4.79 Å². The molecule has 1 amide bonds. The Balaban J connectivity index is 1.60. The number of carbonyl (C=O) groups is 1. The fourth-order valence-corrected chi connectivity index (χ4v) is 2.20. The van der Waals surface area contributed by atoms with Gasteiger partial charge >= 0.3 is 0 Å². The van der Waals surface area contributed by atoms with Crippen LogP contribution >= 0.6 is 0 Å². The fraction of sp³-hybridized carbons (Fsp3) is 0.111.